The van der Waals surface area contributed by atoms with Gasteiger partial charge in [-0.25, -0.2) is 4.68 Å². The molecule has 1 saturated heterocycles. The Morgan fingerprint density at radius 3 is 2.64 bits per heavy atom. The van der Waals surface area contributed by atoms with Crippen molar-refractivity contribution in [3.05, 3.63) is 70.3 Å². The molecule has 186 valence electrons. The van der Waals surface area contributed by atoms with Crippen LogP contribution in [0.3, 0.4) is 0 Å². The number of rotatable bonds is 5. The molecule has 9 heteroatoms. The van der Waals surface area contributed by atoms with E-state index in [4.69, 9.17) is 0 Å². The van der Waals surface area contributed by atoms with Crippen LogP contribution in [-0.4, -0.2) is 52.1 Å². The Bertz CT molecular complexity index is 1380. The van der Waals surface area contributed by atoms with Gasteiger partial charge in [0.15, 0.2) is 0 Å². The Hall–Kier alpha value is -3.56. The van der Waals surface area contributed by atoms with Crippen molar-refractivity contribution in [2.24, 2.45) is 0 Å². The molecule has 36 heavy (non-hydrogen) atoms. The molecule has 0 bridgehead atoms. The largest absolute Gasteiger partial charge is 0.368 e. The number of nitrogens with zero attached hydrogens (tertiary/aromatic N) is 5. The highest BCUT2D eigenvalue weighted by Gasteiger charge is 2.19. The molecule has 0 radical (unpaired) electrons. The number of amides is 1. The third-order valence-electron chi connectivity index (χ3n) is 6.28. The van der Waals surface area contributed by atoms with Crippen molar-refractivity contribution in [1.82, 2.24) is 25.3 Å². The van der Waals surface area contributed by atoms with Gasteiger partial charge in [-0.3, -0.25) is 9.78 Å². The quantitative estimate of drug-likeness (QED) is 0.414. The summed E-state index contributed by atoms with van der Waals surface area (Å²) in [7, 11) is 0. The van der Waals surface area contributed by atoms with E-state index in [1.54, 1.807) is 4.68 Å². The van der Waals surface area contributed by atoms with E-state index in [1.807, 2.05) is 55.8 Å². The van der Waals surface area contributed by atoms with E-state index in [9.17, 15) is 4.79 Å². The number of thiophene rings is 1. The third kappa shape index (κ3) is 5.17. The van der Waals surface area contributed by atoms with Gasteiger partial charge in [-0.2, -0.15) is 0 Å². The van der Waals surface area contributed by atoms with Gasteiger partial charge in [-0.1, -0.05) is 32.1 Å². The zero-order valence-corrected chi connectivity index (χ0v) is 21.9. The van der Waals surface area contributed by atoms with Gasteiger partial charge in [0.2, 0.25) is 0 Å². The van der Waals surface area contributed by atoms with Crippen molar-refractivity contribution in [2.45, 2.75) is 33.1 Å². The number of aryl methyl sites for hydroxylation is 1. The smallest absolute Gasteiger partial charge is 0.265 e. The highest BCUT2D eigenvalue weighted by atomic mass is 32.1. The standard InChI is InChI=1S/C27H31N7OS/c1-18-5-6-20(30-26(35)24-7-8-25(36-24)27(2,3)4)14-23(18)34-17-22(31-32-34)19-13-21(16-29-15-19)33-11-9-28-10-12-33/h5-8,13-17,28H,9-12H2,1-4H3,(H,30,35). The lowest BCUT2D eigenvalue weighted by molar-refractivity contribution is 0.103. The first kappa shape index (κ1) is 24.1. The van der Waals surface area contributed by atoms with E-state index in [-0.39, 0.29) is 11.3 Å². The number of hydrogen-bond donors (Lipinski definition) is 2. The van der Waals surface area contributed by atoms with Crippen LogP contribution in [0.1, 0.15) is 40.9 Å². The molecule has 4 aromatic rings. The summed E-state index contributed by atoms with van der Waals surface area (Å²) in [5.74, 6) is -0.111. The molecule has 0 saturated carbocycles. The summed E-state index contributed by atoms with van der Waals surface area (Å²) in [5, 5.41) is 15.2. The zero-order valence-electron chi connectivity index (χ0n) is 21.1. The first-order valence-electron chi connectivity index (χ1n) is 12.1. The molecule has 0 aliphatic carbocycles. The van der Waals surface area contributed by atoms with Crippen LogP contribution in [0.25, 0.3) is 16.9 Å². The van der Waals surface area contributed by atoms with Crippen LogP contribution in [0.5, 0.6) is 0 Å². The van der Waals surface area contributed by atoms with Gasteiger partial charge in [-0.15, -0.1) is 16.4 Å². The van der Waals surface area contributed by atoms with Gasteiger partial charge in [0.1, 0.15) is 5.69 Å². The van der Waals surface area contributed by atoms with Crippen molar-refractivity contribution in [2.75, 3.05) is 36.4 Å². The lowest BCUT2D eigenvalue weighted by atomic mass is 9.95. The number of carbonyl (C=O) groups is 1. The van der Waals surface area contributed by atoms with Crippen LogP contribution in [0.4, 0.5) is 11.4 Å². The maximum absolute atomic E-state index is 12.9. The van der Waals surface area contributed by atoms with E-state index in [2.05, 4.69) is 57.7 Å². The summed E-state index contributed by atoms with van der Waals surface area (Å²) in [6, 6.07) is 11.9. The van der Waals surface area contributed by atoms with Gasteiger partial charge >= 0.3 is 0 Å². The average molecular weight is 502 g/mol. The SMILES string of the molecule is Cc1ccc(NC(=O)c2ccc(C(C)(C)C)s2)cc1-n1cc(-c2cncc(N3CCNCC3)c2)nn1. The number of hydrogen-bond acceptors (Lipinski definition) is 7. The summed E-state index contributed by atoms with van der Waals surface area (Å²) in [6.45, 7) is 12.3. The van der Waals surface area contributed by atoms with Crippen molar-refractivity contribution in [3.8, 4) is 16.9 Å². The molecule has 1 aliphatic rings. The summed E-state index contributed by atoms with van der Waals surface area (Å²) in [6.07, 6.45) is 5.62. The van der Waals surface area contributed by atoms with E-state index < -0.39 is 0 Å². The molecule has 4 heterocycles. The number of piperazine rings is 1. The van der Waals surface area contributed by atoms with E-state index in [0.717, 1.165) is 54.4 Å². The minimum atomic E-state index is -0.111. The normalized spacial score (nSPS) is 14.2. The number of pyridine rings is 1. The van der Waals surface area contributed by atoms with Gasteiger partial charge in [0.25, 0.3) is 5.91 Å². The maximum Gasteiger partial charge on any atom is 0.265 e. The minimum Gasteiger partial charge on any atom is -0.368 e. The Morgan fingerprint density at radius 1 is 1.08 bits per heavy atom. The number of nitrogens with one attached hydrogen (secondary N) is 2. The van der Waals surface area contributed by atoms with Crippen LogP contribution in [-0.2, 0) is 5.41 Å². The fourth-order valence-corrected chi connectivity index (χ4v) is 5.13. The highest BCUT2D eigenvalue weighted by molar-refractivity contribution is 7.14. The molecule has 1 aromatic carbocycles. The third-order valence-corrected chi connectivity index (χ3v) is 7.79. The van der Waals surface area contributed by atoms with Crippen molar-refractivity contribution in [3.63, 3.8) is 0 Å². The average Bonchev–Trinajstić information content (AvgIpc) is 3.57. The molecule has 1 aliphatic heterocycles. The van der Waals surface area contributed by atoms with Crippen molar-refractivity contribution in [1.29, 1.82) is 0 Å². The fourth-order valence-electron chi connectivity index (χ4n) is 4.17. The van der Waals surface area contributed by atoms with Crippen LogP contribution in [0, 0.1) is 6.92 Å². The second-order valence-electron chi connectivity index (χ2n) is 10.1. The Morgan fingerprint density at radius 2 is 1.89 bits per heavy atom. The summed E-state index contributed by atoms with van der Waals surface area (Å²) in [4.78, 5) is 21.5. The Balaban J connectivity index is 1.36. The molecule has 8 nitrogen and oxygen atoms in total. The highest BCUT2D eigenvalue weighted by Crippen LogP contribution is 2.30. The lowest BCUT2D eigenvalue weighted by Crippen LogP contribution is -2.43. The van der Waals surface area contributed by atoms with E-state index in [1.165, 1.54) is 16.2 Å². The molecular formula is C27H31N7OS. The fraction of sp³-hybridized carbons (Fsp3) is 0.333. The molecule has 0 spiro atoms. The zero-order chi connectivity index (χ0) is 25.3. The maximum atomic E-state index is 12.9. The number of anilines is 2. The monoisotopic (exact) mass is 501 g/mol. The van der Waals surface area contributed by atoms with Crippen LogP contribution in [0.2, 0.25) is 0 Å². The summed E-state index contributed by atoms with van der Waals surface area (Å²) >= 11 is 1.53. The van der Waals surface area contributed by atoms with Gasteiger partial charge in [0, 0.05) is 48.5 Å². The van der Waals surface area contributed by atoms with E-state index in [0.29, 0.717) is 10.6 Å². The number of carbonyl (C=O) groups excluding carboxylic acids is 1. The van der Waals surface area contributed by atoms with Gasteiger partial charge in [-0.05, 0) is 48.2 Å². The van der Waals surface area contributed by atoms with Crippen LogP contribution in [0.15, 0.2) is 55.0 Å². The molecule has 1 amide bonds. The molecule has 0 unspecified atom stereocenters. The summed E-state index contributed by atoms with van der Waals surface area (Å²) in [5.41, 5.74) is 5.39. The molecule has 5 rings (SSSR count). The predicted octanol–water partition coefficient (Wildman–Crippen LogP) is 4.66. The van der Waals surface area contributed by atoms with Crippen LogP contribution < -0.4 is 15.5 Å². The summed E-state index contributed by atoms with van der Waals surface area (Å²) < 4.78 is 1.75. The van der Waals surface area contributed by atoms with Crippen molar-refractivity contribution >= 4 is 28.6 Å². The van der Waals surface area contributed by atoms with Crippen LogP contribution >= 0.6 is 11.3 Å². The first-order valence-corrected chi connectivity index (χ1v) is 13.0. The minimum absolute atomic E-state index is 0.0189. The Kier molecular flexibility index (Phi) is 6.59. The second kappa shape index (κ2) is 9.83. The molecular weight excluding hydrogens is 470 g/mol. The number of aromatic nitrogens is 4. The topological polar surface area (TPSA) is 88.0 Å². The predicted molar refractivity (Wildman–Crippen MR) is 145 cm³/mol. The molecule has 2 N–H and O–H groups in total. The second-order valence-corrected chi connectivity index (χ2v) is 11.2. The lowest BCUT2D eigenvalue weighted by Gasteiger charge is -2.29. The van der Waals surface area contributed by atoms with E-state index >= 15 is 0 Å². The van der Waals surface area contributed by atoms with Gasteiger partial charge in [0.05, 0.1) is 28.6 Å². The molecule has 3 aromatic heterocycles. The molecule has 0 atom stereocenters. The molecule has 1 fully saturated rings. The first-order chi connectivity index (χ1) is 17.3. The van der Waals surface area contributed by atoms with Gasteiger partial charge < -0.3 is 15.5 Å². The Labute approximate surface area is 215 Å². The number of benzene rings is 1. The van der Waals surface area contributed by atoms with Crippen molar-refractivity contribution < 1.29 is 4.79 Å².